The number of fused-ring (bicyclic) bond motifs is 2. The quantitative estimate of drug-likeness (QED) is 0.170. The number of benzene rings is 1. The minimum Gasteiger partial charge on any atom is -0.367 e. The summed E-state index contributed by atoms with van der Waals surface area (Å²) in [6.45, 7) is 7.58. The monoisotopic (exact) mass is 678 g/mol. The second-order valence-electron chi connectivity index (χ2n) is 14.2. The Morgan fingerprint density at radius 3 is 2.54 bits per heavy atom. The van der Waals surface area contributed by atoms with Crippen molar-refractivity contribution in [2.24, 2.45) is 11.8 Å². The Morgan fingerprint density at radius 2 is 1.88 bits per heavy atom. The van der Waals surface area contributed by atoms with E-state index in [2.05, 4.69) is 67.4 Å². The zero-order valence-corrected chi connectivity index (χ0v) is 28.3. The minimum atomic E-state index is -4.28. The third-order valence-corrected chi connectivity index (χ3v) is 11.3. The molecule has 254 valence electrons. The number of alkyl halides is 3. The number of likely N-dealkylation sites (tertiary alicyclic amines) is 1. The van der Waals surface area contributed by atoms with Crippen molar-refractivity contribution >= 4 is 50.1 Å². The number of thiophene rings is 1. The SMILES string of the molecule is CNc1nc(NC2CCN(Cc3ccc4c(cc(C#N)n4CC4CC(C)(NC(=O)C5CC5)C4)c3C)CC2)c2cc(CC(F)(F)F)sc2n1. The summed E-state index contributed by atoms with van der Waals surface area (Å²) in [6, 6.07) is 10.5. The third kappa shape index (κ3) is 6.83. The van der Waals surface area contributed by atoms with E-state index in [0.29, 0.717) is 33.6 Å². The van der Waals surface area contributed by atoms with Gasteiger partial charge in [-0.2, -0.15) is 23.4 Å². The Kier molecular flexibility index (Phi) is 8.52. The van der Waals surface area contributed by atoms with Crippen LogP contribution in [-0.2, 0) is 24.3 Å². The topological polar surface area (TPSA) is 111 Å². The predicted octanol–water partition coefficient (Wildman–Crippen LogP) is 6.74. The normalized spacial score (nSPS) is 22.1. The molecule has 1 saturated heterocycles. The number of carbonyl (C=O) groups excluding carboxylic acids is 1. The molecule has 1 amide bonds. The lowest BCUT2D eigenvalue weighted by Crippen LogP contribution is -2.56. The molecule has 13 heteroatoms. The number of halogens is 3. The maximum absolute atomic E-state index is 13.1. The highest BCUT2D eigenvalue weighted by Gasteiger charge is 2.44. The minimum absolute atomic E-state index is 0.140. The third-order valence-electron chi connectivity index (χ3n) is 10.2. The summed E-state index contributed by atoms with van der Waals surface area (Å²) in [5.41, 5.74) is 4.03. The summed E-state index contributed by atoms with van der Waals surface area (Å²) in [7, 11) is 1.70. The van der Waals surface area contributed by atoms with Crippen molar-refractivity contribution < 1.29 is 18.0 Å². The first-order chi connectivity index (χ1) is 22.9. The van der Waals surface area contributed by atoms with E-state index in [1.54, 1.807) is 13.1 Å². The molecule has 4 heterocycles. The van der Waals surface area contributed by atoms with Crippen LogP contribution in [0.3, 0.4) is 0 Å². The summed E-state index contributed by atoms with van der Waals surface area (Å²) in [4.78, 5) is 24.5. The molecule has 3 N–H and O–H groups in total. The number of aromatic nitrogens is 3. The van der Waals surface area contributed by atoms with Gasteiger partial charge in [-0.05, 0) is 87.6 Å². The maximum atomic E-state index is 13.1. The molecule has 0 atom stereocenters. The van der Waals surface area contributed by atoms with Gasteiger partial charge in [0.05, 0.1) is 11.8 Å². The highest BCUT2D eigenvalue weighted by atomic mass is 32.1. The van der Waals surface area contributed by atoms with Gasteiger partial charge in [0.1, 0.15) is 22.4 Å². The Bertz CT molecular complexity index is 1890. The number of anilines is 2. The van der Waals surface area contributed by atoms with E-state index < -0.39 is 12.6 Å². The van der Waals surface area contributed by atoms with E-state index in [1.807, 2.05) is 6.07 Å². The fourth-order valence-electron chi connectivity index (χ4n) is 7.58. The molecule has 9 nitrogen and oxygen atoms in total. The van der Waals surface area contributed by atoms with Crippen LogP contribution in [0.1, 0.15) is 67.1 Å². The van der Waals surface area contributed by atoms with E-state index in [4.69, 9.17) is 0 Å². The Morgan fingerprint density at radius 1 is 1.12 bits per heavy atom. The number of rotatable bonds is 10. The number of piperidine rings is 1. The van der Waals surface area contributed by atoms with E-state index in [-0.39, 0.29) is 28.3 Å². The van der Waals surface area contributed by atoms with Crippen molar-refractivity contribution in [1.29, 1.82) is 5.26 Å². The van der Waals surface area contributed by atoms with Crippen LogP contribution in [0.2, 0.25) is 0 Å². The molecule has 0 radical (unpaired) electrons. The summed E-state index contributed by atoms with van der Waals surface area (Å²) in [5.74, 6) is 1.77. The van der Waals surface area contributed by atoms with E-state index >= 15 is 0 Å². The molecule has 4 aromatic rings. The average Bonchev–Trinajstić information content (AvgIpc) is 3.71. The van der Waals surface area contributed by atoms with Crippen LogP contribution in [0, 0.1) is 30.1 Å². The van der Waals surface area contributed by atoms with Gasteiger partial charge in [-0.3, -0.25) is 9.69 Å². The first-order valence-corrected chi connectivity index (χ1v) is 17.6. The number of hydrogen-bond acceptors (Lipinski definition) is 8. The van der Waals surface area contributed by atoms with Crippen LogP contribution < -0.4 is 16.0 Å². The van der Waals surface area contributed by atoms with Crippen LogP contribution in [-0.4, -0.2) is 63.2 Å². The van der Waals surface area contributed by atoms with Crippen molar-refractivity contribution in [2.75, 3.05) is 30.8 Å². The molecule has 3 aliphatic rings. The Balaban J connectivity index is 0.985. The van der Waals surface area contributed by atoms with E-state index in [1.165, 1.54) is 11.1 Å². The smallest absolute Gasteiger partial charge is 0.367 e. The zero-order chi connectivity index (χ0) is 33.8. The van der Waals surface area contributed by atoms with E-state index in [9.17, 15) is 23.2 Å². The fourth-order valence-corrected chi connectivity index (χ4v) is 8.64. The molecule has 0 spiro atoms. The molecule has 1 aliphatic heterocycles. The number of amides is 1. The van der Waals surface area contributed by atoms with Crippen LogP contribution in [0.25, 0.3) is 21.1 Å². The summed E-state index contributed by atoms with van der Waals surface area (Å²) >= 11 is 1.06. The van der Waals surface area contributed by atoms with Crippen LogP contribution in [0.5, 0.6) is 0 Å². The fraction of sp³-hybridized carbons (Fsp3) is 0.543. The van der Waals surface area contributed by atoms with Crippen LogP contribution in [0.15, 0.2) is 24.3 Å². The molecule has 1 aromatic carbocycles. The molecular formula is C35H41F3N8OS. The molecule has 0 unspecified atom stereocenters. The molecule has 0 bridgehead atoms. The number of nitrogens with one attached hydrogen (secondary N) is 3. The molecule has 48 heavy (non-hydrogen) atoms. The molecular weight excluding hydrogens is 638 g/mol. The van der Waals surface area contributed by atoms with Gasteiger partial charge < -0.3 is 20.5 Å². The number of carbonyl (C=O) groups is 1. The van der Waals surface area contributed by atoms with Crippen molar-refractivity contribution in [2.45, 2.75) is 89.6 Å². The van der Waals surface area contributed by atoms with Crippen LogP contribution in [0.4, 0.5) is 24.9 Å². The van der Waals surface area contributed by atoms with Gasteiger partial charge in [0.2, 0.25) is 11.9 Å². The maximum Gasteiger partial charge on any atom is 0.393 e. The average molecular weight is 679 g/mol. The molecule has 2 aliphatic carbocycles. The van der Waals surface area contributed by atoms with Gasteiger partial charge in [-0.1, -0.05) is 6.07 Å². The Labute approximate surface area is 281 Å². The Hall–Kier alpha value is -3.89. The number of nitrogens with zero attached hydrogens (tertiary/aromatic N) is 5. The van der Waals surface area contributed by atoms with E-state index in [0.717, 1.165) is 86.9 Å². The lowest BCUT2D eigenvalue weighted by molar-refractivity contribution is -0.127. The van der Waals surface area contributed by atoms with Gasteiger partial charge in [0.25, 0.3) is 0 Å². The summed E-state index contributed by atoms with van der Waals surface area (Å²) < 4.78 is 41.4. The van der Waals surface area contributed by atoms with Crippen LogP contribution >= 0.6 is 11.3 Å². The first-order valence-electron chi connectivity index (χ1n) is 16.8. The lowest BCUT2D eigenvalue weighted by Gasteiger charge is -2.46. The van der Waals surface area contributed by atoms with Gasteiger partial charge in [-0.15, -0.1) is 11.3 Å². The van der Waals surface area contributed by atoms with Gasteiger partial charge in [-0.25, -0.2) is 4.98 Å². The number of aryl methyl sites for hydroxylation is 1. The second-order valence-corrected chi connectivity index (χ2v) is 15.3. The summed E-state index contributed by atoms with van der Waals surface area (Å²) in [6.07, 6.45) is 0.338. The molecule has 7 rings (SSSR count). The number of hydrogen-bond donors (Lipinski definition) is 3. The highest BCUT2D eigenvalue weighted by molar-refractivity contribution is 7.18. The van der Waals surface area contributed by atoms with Gasteiger partial charge in [0, 0.05) is 66.5 Å². The summed E-state index contributed by atoms with van der Waals surface area (Å²) in [5, 5.41) is 21.4. The lowest BCUT2D eigenvalue weighted by atomic mass is 9.69. The van der Waals surface area contributed by atoms with Crippen molar-refractivity contribution in [3.63, 3.8) is 0 Å². The molecule has 3 aromatic heterocycles. The van der Waals surface area contributed by atoms with Crippen molar-refractivity contribution in [3.05, 3.63) is 46.0 Å². The highest BCUT2D eigenvalue weighted by Crippen LogP contribution is 2.41. The number of nitriles is 1. The van der Waals surface area contributed by atoms with Crippen molar-refractivity contribution in [1.82, 2.24) is 24.8 Å². The predicted molar refractivity (Wildman–Crippen MR) is 182 cm³/mol. The first kappa shape index (κ1) is 32.6. The zero-order valence-electron chi connectivity index (χ0n) is 27.5. The van der Waals surface area contributed by atoms with Gasteiger partial charge >= 0.3 is 6.18 Å². The largest absolute Gasteiger partial charge is 0.393 e. The second kappa shape index (κ2) is 12.5. The molecule has 3 fully saturated rings. The standard InChI is InChI=1S/C35H41F3N8OS/c1-20-23(6-7-29-27(20)12-25(17-39)46(29)18-21-14-34(2,15-21)44-31(47)22-4-5-22)19-45-10-8-24(9-11-45)41-30-28-13-26(16-35(36,37)38)48-32(28)43-33(40-3)42-30/h6-7,12-13,21-22,24H,4-5,8-11,14-16,18-19H2,1-3H3,(H,44,47)(H2,40,41,42,43). The molecule has 2 saturated carbocycles. The van der Waals surface area contributed by atoms with Gasteiger partial charge in [0.15, 0.2) is 0 Å². The van der Waals surface area contributed by atoms with Crippen molar-refractivity contribution in [3.8, 4) is 6.07 Å².